The molecule has 0 rings (SSSR count). The average molecular weight is 191 g/mol. The SMILES string of the molecule is CCC(C)C(C)O.[Y]. The Morgan fingerprint density at radius 2 is 1.75 bits per heavy atom. The third kappa shape index (κ3) is 5.21. The zero-order chi connectivity index (χ0) is 5.86. The zero-order valence-electron chi connectivity index (χ0n) is 5.89. The summed E-state index contributed by atoms with van der Waals surface area (Å²) < 4.78 is 0. The van der Waals surface area contributed by atoms with Crippen LogP contribution in [0.1, 0.15) is 27.2 Å². The molecule has 0 aliphatic rings. The van der Waals surface area contributed by atoms with E-state index in [1.54, 1.807) is 0 Å². The standard InChI is InChI=1S/C6H14O.Y/c1-4-5(2)6(3)7;/h5-7H,4H2,1-3H3;. The van der Waals surface area contributed by atoms with E-state index in [9.17, 15) is 0 Å². The van der Waals surface area contributed by atoms with Gasteiger partial charge in [-0.15, -0.1) is 0 Å². The van der Waals surface area contributed by atoms with Crippen LogP contribution in [0.5, 0.6) is 0 Å². The van der Waals surface area contributed by atoms with Gasteiger partial charge in [0.15, 0.2) is 0 Å². The van der Waals surface area contributed by atoms with Gasteiger partial charge in [0.1, 0.15) is 0 Å². The van der Waals surface area contributed by atoms with Crippen LogP contribution in [-0.2, 0) is 32.7 Å². The Morgan fingerprint density at radius 1 is 1.38 bits per heavy atom. The Hall–Kier alpha value is 1.06. The Labute approximate surface area is 76.7 Å². The van der Waals surface area contributed by atoms with Gasteiger partial charge in [0, 0.05) is 32.7 Å². The molecule has 2 heteroatoms. The third-order valence-corrected chi connectivity index (χ3v) is 1.47. The molecule has 8 heavy (non-hydrogen) atoms. The molecule has 0 aromatic heterocycles. The van der Waals surface area contributed by atoms with Crippen LogP contribution < -0.4 is 0 Å². The summed E-state index contributed by atoms with van der Waals surface area (Å²) in [6, 6.07) is 0. The molecule has 47 valence electrons. The zero-order valence-corrected chi connectivity index (χ0v) is 8.72. The molecule has 0 aliphatic carbocycles. The first-order chi connectivity index (χ1) is 3.18. The quantitative estimate of drug-likeness (QED) is 0.699. The average Bonchev–Trinajstić information content (AvgIpc) is 1.65. The van der Waals surface area contributed by atoms with Crippen molar-refractivity contribution in [1.82, 2.24) is 0 Å². The van der Waals surface area contributed by atoms with Gasteiger partial charge in [-0.2, -0.15) is 0 Å². The largest absolute Gasteiger partial charge is 0.393 e. The minimum Gasteiger partial charge on any atom is -0.393 e. The number of aliphatic hydroxyl groups excluding tert-OH is 1. The number of hydrogen-bond acceptors (Lipinski definition) is 1. The van der Waals surface area contributed by atoms with E-state index in [2.05, 4.69) is 6.92 Å². The summed E-state index contributed by atoms with van der Waals surface area (Å²) in [7, 11) is 0. The van der Waals surface area contributed by atoms with Gasteiger partial charge in [-0.05, 0) is 12.8 Å². The van der Waals surface area contributed by atoms with Gasteiger partial charge in [-0.3, -0.25) is 0 Å². The van der Waals surface area contributed by atoms with Crippen molar-refractivity contribution in [2.24, 2.45) is 5.92 Å². The molecule has 0 spiro atoms. The first-order valence-corrected chi connectivity index (χ1v) is 2.86. The van der Waals surface area contributed by atoms with Gasteiger partial charge >= 0.3 is 0 Å². The molecule has 0 aliphatic heterocycles. The molecule has 2 unspecified atom stereocenters. The smallest absolute Gasteiger partial charge is 0.0537 e. The second kappa shape index (κ2) is 6.19. The van der Waals surface area contributed by atoms with Crippen molar-refractivity contribution < 1.29 is 37.8 Å². The van der Waals surface area contributed by atoms with Crippen molar-refractivity contribution >= 4 is 0 Å². The Morgan fingerprint density at radius 3 is 1.75 bits per heavy atom. The van der Waals surface area contributed by atoms with Gasteiger partial charge in [-0.1, -0.05) is 20.3 Å². The van der Waals surface area contributed by atoms with Gasteiger partial charge in [-0.25, -0.2) is 0 Å². The second-order valence-corrected chi connectivity index (χ2v) is 2.13. The molecule has 0 fully saturated rings. The van der Waals surface area contributed by atoms with Crippen LogP contribution in [-0.4, -0.2) is 11.2 Å². The van der Waals surface area contributed by atoms with Crippen LogP contribution in [0.25, 0.3) is 0 Å². The summed E-state index contributed by atoms with van der Waals surface area (Å²) in [6.07, 6.45) is 0.933. The Bertz CT molecular complexity index is 45.8. The molecule has 1 radical (unpaired) electrons. The molecule has 1 nitrogen and oxygen atoms in total. The van der Waals surface area contributed by atoms with Gasteiger partial charge in [0.2, 0.25) is 0 Å². The maximum atomic E-state index is 8.82. The van der Waals surface area contributed by atoms with E-state index in [-0.39, 0.29) is 38.8 Å². The van der Waals surface area contributed by atoms with E-state index in [1.165, 1.54) is 0 Å². The molecule has 0 aromatic carbocycles. The summed E-state index contributed by atoms with van der Waals surface area (Å²) in [5.41, 5.74) is 0. The molecule has 0 amide bonds. The molecule has 0 heterocycles. The first-order valence-electron chi connectivity index (χ1n) is 2.86. The minimum absolute atomic E-state index is 0. The normalized spacial score (nSPS) is 16.5. The topological polar surface area (TPSA) is 20.2 Å². The summed E-state index contributed by atoms with van der Waals surface area (Å²) in [5, 5.41) is 8.82. The molecule has 0 aromatic rings. The molecule has 0 bridgehead atoms. The van der Waals surface area contributed by atoms with E-state index >= 15 is 0 Å². The molecule has 0 saturated heterocycles. The third-order valence-electron chi connectivity index (χ3n) is 1.47. The maximum Gasteiger partial charge on any atom is 0.0537 e. The molecular formula is C6H14OY. The fourth-order valence-electron chi connectivity index (χ4n) is 0.341. The van der Waals surface area contributed by atoms with Crippen molar-refractivity contribution in [2.45, 2.75) is 33.3 Å². The van der Waals surface area contributed by atoms with Crippen molar-refractivity contribution in [1.29, 1.82) is 0 Å². The van der Waals surface area contributed by atoms with E-state index in [1.807, 2.05) is 13.8 Å². The monoisotopic (exact) mass is 191 g/mol. The number of rotatable bonds is 2. The number of hydrogen-bond donors (Lipinski definition) is 1. The summed E-state index contributed by atoms with van der Waals surface area (Å²) in [5.74, 6) is 0.458. The summed E-state index contributed by atoms with van der Waals surface area (Å²) in [4.78, 5) is 0. The predicted molar refractivity (Wildman–Crippen MR) is 31.1 cm³/mol. The van der Waals surface area contributed by atoms with Gasteiger partial charge in [0.25, 0.3) is 0 Å². The van der Waals surface area contributed by atoms with Gasteiger partial charge in [0.05, 0.1) is 6.10 Å². The van der Waals surface area contributed by atoms with E-state index in [0.717, 1.165) is 6.42 Å². The predicted octanol–water partition coefficient (Wildman–Crippen LogP) is 1.41. The Balaban J connectivity index is 0. The summed E-state index contributed by atoms with van der Waals surface area (Å²) in [6.45, 7) is 5.95. The summed E-state index contributed by atoms with van der Waals surface area (Å²) >= 11 is 0. The van der Waals surface area contributed by atoms with Crippen LogP contribution >= 0.6 is 0 Å². The molecule has 2 atom stereocenters. The van der Waals surface area contributed by atoms with Crippen molar-refractivity contribution in [2.75, 3.05) is 0 Å². The van der Waals surface area contributed by atoms with E-state index < -0.39 is 0 Å². The molecule has 1 N–H and O–H groups in total. The molecule has 0 saturated carbocycles. The molecular weight excluding hydrogens is 177 g/mol. The fourth-order valence-corrected chi connectivity index (χ4v) is 0.341. The minimum atomic E-state index is -0.134. The van der Waals surface area contributed by atoms with E-state index in [0.29, 0.717) is 5.92 Å². The van der Waals surface area contributed by atoms with Crippen LogP contribution in [0.3, 0.4) is 0 Å². The van der Waals surface area contributed by atoms with Crippen LogP contribution in [0.15, 0.2) is 0 Å². The van der Waals surface area contributed by atoms with Crippen molar-refractivity contribution in [3.05, 3.63) is 0 Å². The first kappa shape index (κ1) is 11.8. The van der Waals surface area contributed by atoms with Crippen LogP contribution in [0.2, 0.25) is 0 Å². The van der Waals surface area contributed by atoms with Crippen molar-refractivity contribution in [3.8, 4) is 0 Å². The van der Waals surface area contributed by atoms with Crippen LogP contribution in [0, 0.1) is 5.92 Å². The maximum absolute atomic E-state index is 8.82. The van der Waals surface area contributed by atoms with Gasteiger partial charge < -0.3 is 5.11 Å². The fraction of sp³-hybridized carbons (Fsp3) is 1.00. The number of aliphatic hydroxyl groups is 1. The Kier molecular flexibility index (Phi) is 9.14. The van der Waals surface area contributed by atoms with Crippen LogP contribution in [0.4, 0.5) is 0 Å². The second-order valence-electron chi connectivity index (χ2n) is 2.13. The van der Waals surface area contributed by atoms with E-state index in [4.69, 9.17) is 5.11 Å². The van der Waals surface area contributed by atoms with Crippen molar-refractivity contribution in [3.63, 3.8) is 0 Å².